The maximum Gasteiger partial charge on any atom is 0.278 e. The summed E-state index contributed by atoms with van der Waals surface area (Å²) in [5.41, 5.74) is 3.75. The van der Waals surface area contributed by atoms with Crippen molar-refractivity contribution in [3.05, 3.63) is 112 Å². The quantitative estimate of drug-likeness (QED) is 0.231. The molecule has 1 amide bonds. The summed E-state index contributed by atoms with van der Waals surface area (Å²) in [5.74, 6) is -0.300. The largest absolute Gasteiger partial charge is 0.483 e. The summed E-state index contributed by atoms with van der Waals surface area (Å²) in [6.45, 7) is 3.11. The van der Waals surface area contributed by atoms with Gasteiger partial charge in [-0.2, -0.15) is 4.31 Å². The van der Waals surface area contributed by atoms with Crippen LogP contribution in [0.3, 0.4) is 0 Å². The number of benzene rings is 4. The molecule has 8 heteroatoms. The van der Waals surface area contributed by atoms with E-state index in [0.29, 0.717) is 20.8 Å². The van der Waals surface area contributed by atoms with Gasteiger partial charge in [-0.3, -0.25) is 4.79 Å². The highest BCUT2D eigenvalue weighted by Gasteiger charge is 2.32. The normalized spacial score (nSPS) is 11.2. The molecule has 184 valence electrons. The van der Waals surface area contributed by atoms with Gasteiger partial charge in [0.2, 0.25) is 0 Å². The molecule has 0 unspecified atom stereocenters. The van der Waals surface area contributed by atoms with Crippen molar-refractivity contribution in [3.8, 4) is 16.9 Å². The van der Waals surface area contributed by atoms with Crippen LogP contribution < -0.4 is 9.04 Å². The van der Waals surface area contributed by atoms with E-state index < -0.39 is 22.5 Å². The SMILES string of the molecule is Cc1ccc(C)c(N(C(=O)COc2ccc(-c3ccccc3)cc2Br)S(=O)(=O)c2ccc(Cl)cc2)c1. The Bertz CT molecular complexity index is 1510. The van der Waals surface area contributed by atoms with E-state index in [-0.39, 0.29) is 10.6 Å². The van der Waals surface area contributed by atoms with E-state index in [4.69, 9.17) is 16.3 Å². The predicted octanol–water partition coefficient (Wildman–Crippen LogP) is 7.19. The van der Waals surface area contributed by atoms with Gasteiger partial charge in [0, 0.05) is 5.02 Å². The molecule has 4 rings (SSSR count). The Hall–Kier alpha value is -3.13. The molecule has 4 aromatic rings. The molecule has 0 radical (unpaired) electrons. The highest BCUT2D eigenvalue weighted by molar-refractivity contribution is 9.10. The Morgan fingerprint density at radius 1 is 0.889 bits per heavy atom. The second-order valence-corrected chi connectivity index (χ2v) is 11.3. The Balaban J connectivity index is 1.65. The zero-order chi connectivity index (χ0) is 25.9. The first-order valence-electron chi connectivity index (χ1n) is 11.1. The fourth-order valence-electron chi connectivity index (χ4n) is 3.67. The molecule has 4 aromatic carbocycles. The monoisotopic (exact) mass is 583 g/mol. The summed E-state index contributed by atoms with van der Waals surface area (Å²) in [6.07, 6.45) is 0. The molecule has 0 saturated heterocycles. The highest BCUT2D eigenvalue weighted by Crippen LogP contribution is 2.32. The maximum absolute atomic E-state index is 13.6. The third-order valence-electron chi connectivity index (χ3n) is 5.55. The fraction of sp³-hybridized carbons (Fsp3) is 0.107. The van der Waals surface area contributed by atoms with Crippen LogP contribution in [0.15, 0.2) is 100 Å². The predicted molar refractivity (Wildman–Crippen MR) is 147 cm³/mol. The molecule has 0 spiro atoms. The van der Waals surface area contributed by atoms with Crippen molar-refractivity contribution < 1.29 is 17.9 Å². The third kappa shape index (κ3) is 5.64. The molecule has 0 bridgehead atoms. The molecule has 0 heterocycles. The van der Waals surface area contributed by atoms with E-state index >= 15 is 0 Å². The number of anilines is 1. The van der Waals surface area contributed by atoms with Gasteiger partial charge in [0.25, 0.3) is 15.9 Å². The number of nitrogens with zero attached hydrogens (tertiary/aromatic N) is 1. The third-order valence-corrected chi connectivity index (χ3v) is 8.17. The summed E-state index contributed by atoms with van der Waals surface area (Å²) in [4.78, 5) is 13.4. The minimum absolute atomic E-state index is 0.0467. The van der Waals surface area contributed by atoms with Crippen LogP contribution in [0.2, 0.25) is 5.02 Å². The number of rotatable bonds is 7. The number of aryl methyl sites for hydroxylation is 2. The Kier molecular flexibility index (Phi) is 7.83. The van der Waals surface area contributed by atoms with Crippen LogP contribution in [0.1, 0.15) is 11.1 Å². The average molecular weight is 585 g/mol. The second-order valence-electron chi connectivity index (χ2n) is 8.21. The summed E-state index contributed by atoms with van der Waals surface area (Å²) in [5, 5.41) is 0.394. The molecular weight excluding hydrogens is 562 g/mol. The molecular formula is C28H23BrClNO4S. The molecule has 0 atom stereocenters. The lowest BCUT2D eigenvalue weighted by Gasteiger charge is -2.25. The summed E-state index contributed by atoms with van der Waals surface area (Å²) in [7, 11) is -4.23. The number of ether oxygens (including phenoxy) is 1. The number of hydrogen-bond acceptors (Lipinski definition) is 4. The zero-order valence-electron chi connectivity index (χ0n) is 19.6. The van der Waals surface area contributed by atoms with Crippen LogP contribution in [0.4, 0.5) is 5.69 Å². The zero-order valence-corrected chi connectivity index (χ0v) is 22.8. The van der Waals surface area contributed by atoms with Crippen LogP contribution in [-0.4, -0.2) is 20.9 Å². The van der Waals surface area contributed by atoms with Crippen molar-refractivity contribution in [2.75, 3.05) is 10.9 Å². The minimum atomic E-state index is -4.23. The average Bonchev–Trinajstić information content (AvgIpc) is 2.86. The summed E-state index contributed by atoms with van der Waals surface area (Å²) in [6, 6.07) is 26.4. The fourth-order valence-corrected chi connectivity index (χ4v) is 5.76. The van der Waals surface area contributed by atoms with E-state index in [0.717, 1.165) is 21.0 Å². The number of amides is 1. The molecule has 0 aliphatic heterocycles. The number of hydrogen-bond donors (Lipinski definition) is 0. The Labute approximate surface area is 224 Å². The Morgan fingerprint density at radius 2 is 1.58 bits per heavy atom. The molecule has 0 fully saturated rings. The summed E-state index contributed by atoms with van der Waals surface area (Å²) < 4.78 is 34.5. The molecule has 0 N–H and O–H groups in total. The molecule has 0 aromatic heterocycles. The van der Waals surface area contributed by atoms with Gasteiger partial charge in [-0.05, 0) is 94.5 Å². The van der Waals surface area contributed by atoms with Gasteiger partial charge in [0.05, 0.1) is 15.1 Å². The summed E-state index contributed by atoms with van der Waals surface area (Å²) >= 11 is 9.45. The smallest absolute Gasteiger partial charge is 0.278 e. The molecule has 0 aliphatic rings. The number of sulfonamides is 1. The number of carbonyl (C=O) groups excluding carboxylic acids is 1. The van der Waals surface area contributed by atoms with Crippen LogP contribution in [0.5, 0.6) is 5.75 Å². The topological polar surface area (TPSA) is 63.7 Å². The Morgan fingerprint density at radius 3 is 2.25 bits per heavy atom. The van der Waals surface area contributed by atoms with Gasteiger partial charge in [0.15, 0.2) is 6.61 Å². The van der Waals surface area contributed by atoms with E-state index in [2.05, 4.69) is 15.9 Å². The number of carbonyl (C=O) groups is 1. The van der Waals surface area contributed by atoms with E-state index in [1.807, 2.05) is 55.5 Å². The van der Waals surface area contributed by atoms with Gasteiger partial charge in [-0.25, -0.2) is 8.42 Å². The van der Waals surface area contributed by atoms with Crippen LogP contribution in [0.25, 0.3) is 11.1 Å². The van der Waals surface area contributed by atoms with Gasteiger partial charge in [-0.1, -0.05) is 60.1 Å². The molecule has 5 nitrogen and oxygen atoms in total. The van der Waals surface area contributed by atoms with Crippen LogP contribution >= 0.6 is 27.5 Å². The standard InChI is InChI=1S/C28H23BrClNO4S/c1-19-8-9-20(2)26(16-19)31(36(33,34)24-13-11-23(30)12-14-24)28(32)18-35-27-15-10-22(17-25(27)29)21-6-4-3-5-7-21/h3-17H,18H2,1-2H3. The molecule has 36 heavy (non-hydrogen) atoms. The lowest BCUT2D eigenvalue weighted by atomic mass is 10.1. The first kappa shape index (κ1) is 25.9. The van der Waals surface area contributed by atoms with Gasteiger partial charge in [-0.15, -0.1) is 0 Å². The van der Waals surface area contributed by atoms with E-state index in [1.54, 1.807) is 25.1 Å². The second kappa shape index (κ2) is 10.9. The van der Waals surface area contributed by atoms with Crippen molar-refractivity contribution >= 4 is 49.1 Å². The highest BCUT2D eigenvalue weighted by atomic mass is 79.9. The van der Waals surface area contributed by atoms with Crippen LogP contribution in [0, 0.1) is 13.8 Å². The van der Waals surface area contributed by atoms with Crippen molar-refractivity contribution in [3.63, 3.8) is 0 Å². The lowest BCUT2D eigenvalue weighted by molar-refractivity contribution is -0.119. The van der Waals surface area contributed by atoms with Gasteiger partial charge >= 0.3 is 0 Å². The van der Waals surface area contributed by atoms with Crippen molar-refractivity contribution in [1.29, 1.82) is 0 Å². The maximum atomic E-state index is 13.6. The van der Waals surface area contributed by atoms with E-state index in [1.165, 1.54) is 24.3 Å². The van der Waals surface area contributed by atoms with Gasteiger partial charge in [0.1, 0.15) is 5.75 Å². The lowest BCUT2D eigenvalue weighted by Crippen LogP contribution is -2.40. The van der Waals surface area contributed by atoms with Crippen molar-refractivity contribution in [1.82, 2.24) is 0 Å². The first-order chi connectivity index (χ1) is 17.2. The minimum Gasteiger partial charge on any atom is -0.483 e. The van der Waals surface area contributed by atoms with Crippen LogP contribution in [-0.2, 0) is 14.8 Å². The number of halogens is 2. The van der Waals surface area contributed by atoms with E-state index in [9.17, 15) is 13.2 Å². The van der Waals surface area contributed by atoms with Crippen molar-refractivity contribution in [2.45, 2.75) is 18.7 Å². The van der Waals surface area contributed by atoms with Gasteiger partial charge < -0.3 is 4.74 Å². The molecule has 0 saturated carbocycles. The van der Waals surface area contributed by atoms with Crippen molar-refractivity contribution in [2.24, 2.45) is 0 Å². The molecule has 0 aliphatic carbocycles. The first-order valence-corrected chi connectivity index (χ1v) is 13.7.